The molecule has 0 aliphatic heterocycles. The molecule has 6 nitrogen and oxygen atoms in total. The molecule has 0 amide bonds. The fraction of sp³-hybridized carbons (Fsp3) is 0.483. The summed E-state index contributed by atoms with van der Waals surface area (Å²) in [6, 6.07) is 14.9. The molecule has 0 heterocycles. The molecule has 1 aliphatic carbocycles. The molecule has 2 N–H and O–H groups in total. The van der Waals surface area contributed by atoms with Gasteiger partial charge in [-0.2, -0.15) is 0 Å². The highest BCUT2D eigenvalue weighted by atomic mass is 32.2. The van der Waals surface area contributed by atoms with Crippen LogP contribution in [0.2, 0.25) is 0 Å². The molecular formula is C29H41N3O3S. The lowest BCUT2D eigenvalue weighted by atomic mass is 9.93. The summed E-state index contributed by atoms with van der Waals surface area (Å²) >= 11 is 1.70. The summed E-state index contributed by atoms with van der Waals surface area (Å²) in [5.41, 5.74) is 4.15. The van der Waals surface area contributed by atoms with Gasteiger partial charge in [0.05, 0.1) is 6.04 Å². The molecule has 2 aromatic carbocycles. The van der Waals surface area contributed by atoms with Crippen molar-refractivity contribution >= 4 is 30.6 Å². The SMILES string of the molecule is CN(Cc1c(C=O)cccc1SCc1ccc(CCNC2CCC2)cc1)C(C=O)CCC=O.CNC. The second kappa shape index (κ2) is 17.2. The minimum Gasteiger partial charge on any atom is -0.323 e. The summed E-state index contributed by atoms with van der Waals surface area (Å²) in [4.78, 5) is 36.8. The van der Waals surface area contributed by atoms with Crippen LogP contribution in [0, 0.1) is 0 Å². The van der Waals surface area contributed by atoms with E-state index in [2.05, 4.69) is 34.9 Å². The van der Waals surface area contributed by atoms with Crippen LogP contribution in [0.5, 0.6) is 0 Å². The Kier molecular flexibility index (Phi) is 14.3. The minimum absolute atomic E-state index is 0.345. The second-order valence-electron chi connectivity index (χ2n) is 9.24. The fourth-order valence-electron chi connectivity index (χ4n) is 3.99. The van der Waals surface area contributed by atoms with E-state index in [4.69, 9.17) is 0 Å². The average Bonchev–Trinajstić information content (AvgIpc) is 2.86. The van der Waals surface area contributed by atoms with E-state index in [0.717, 1.165) is 54.1 Å². The summed E-state index contributed by atoms with van der Waals surface area (Å²) in [5, 5.41) is 6.36. The number of hydrogen-bond donors (Lipinski definition) is 2. The van der Waals surface area contributed by atoms with Crippen molar-refractivity contribution in [1.29, 1.82) is 0 Å². The summed E-state index contributed by atoms with van der Waals surface area (Å²) < 4.78 is 0. The molecule has 0 saturated heterocycles. The normalized spacial score (nSPS) is 13.9. The van der Waals surface area contributed by atoms with Gasteiger partial charge in [0.15, 0.2) is 0 Å². The Bertz CT molecular complexity index is 932. The monoisotopic (exact) mass is 511 g/mol. The molecular weight excluding hydrogens is 470 g/mol. The second-order valence-corrected chi connectivity index (χ2v) is 10.3. The maximum atomic E-state index is 11.7. The Hall–Kier alpha value is -2.32. The molecule has 36 heavy (non-hydrogen) atoms. The topological polar surface area (TPSA) is 78.5 Å². The number of likely N-dealkylation sites (N-methyl/N-ethyl adjacent to an activating group) is 1. The average molecular weight is 512 g/mol. The van der Waals surface area contributed by atoms with Gasteiger partial charge in [-0.05, 0) is 76.1 Å². The number of carbonyl (C=O) groups excluding carboxylic acids is 3. The predicted molar refractivity (Wildman–Crippen MR) is 149 cm³/mol. The van der Waals surface area contributed by atoms with Gasteiger partial charge in [0.2, 0.25) is 0 Å². The van der Waals surface area contributed by atoms with E-state index in [1.165, 1.54) is 30.4 Å². The van der Waals surface area contributed by atoms with Crippen LogP contribution in [0.1, 0.15) is 59.2 Å². The van der Waals surface area contributed by atoms with Crippen molar-refractivity contribution in [1.82, 2.24) is 15.5 Å². The molecule has 0 bridgehead atoms. The van der Waals surface area contributed by atoms with Gasteiger partial charge in [0, 0.05) is 35.2 Å². The van der Waals surface area contributed by atoms with E-state index >= 15 is 0 Å². The Morgan fingerprint density at radius 2 is 1.75 bits per heavy atom. The van der Waals surface area contributed by atoms with Crippen LogP contribution < -0.4 is 10.6 Å². The Balaban J connectivity index is 0.00000145. The minimum atomic E-state index is -0.348. The zero-order valence-corrected chi connectivity index (χ0v) is 22.7. The number of nitrogens with zero attached hydrogens (tertiary/aromatic N) is 1. The Labute approximate surface area is 220 Å². The summed E-state index contributed by atoms with van der Waals surface area (Å²) in [5.74, 6) is 0.807. The third-order valence-corrected chi connectivity index (χ3v) is 7.55. The smallest absolute Gasteiger partial charge is 0.150 e. The number of rotatable bonds is 15. The third kappa shape index (κ3) is 9.97. The highest BCUT2D eigenvalue weighted by Crippen LogP contribution is 2.29. The number of carbonyl (C=O) groups is 3. The fourth-order valence-corrected chi connectivity index (χ4v) is 5.04. The van der Waals surface area contributed by atoms with Gasteiger partial charge in [-0.3, -0.25) is 9.69 Å². The van der Waals surface area contributed by atoms with Crippen molar-refractivity contribution in [3.8, 4) is 0 Å². The lowest BCUT2D eigenvalue weighted by Gasteiger charge is -2.26. The number of hydrogen-bond acceptors (Lipinski definition) is 7. The number of benzene rings is 2. The first-order chi connectivity index (χ1) is 17.6. The highest BCUT2D eigenvalue weighted by Gasteiger charge is 2.18. The van der Waals surface area contributed by atoms with Crippen LogP contribution in [0.4, 0.5) is 0 Å². The maximum absolute atomic E-state index is 11.7. The van der Waals surface area contributed by atoms with Crippen molar-refractivity contribution in [3.05, 3.63) is 64.7 Å². The molecule has 7 heteroatoms. The van der Waals surface area contributed by atoms with Crippen molar-refractivity contribution in [2.45, 2.75) is 67.8 Å². The van der Waals surface area contributed by atoms with Gasteiger partial charge in [0.25, 0.3) is 0 Å². The van der Waals surface area contributed by atoms with Crippen molar-refractivity contribution < 1.29 is 14.4 Å². The summed E-state index contributed by atoms with van der Waals surface area (Å²) in [6.07, 6.45) is 8.45. The Morgan fingerprint density at radius 3 is 2.33 bits per heavy atom. The van der Waals surface area contributed by atoms with E-state index in [0.29, 0.717) is 24.9 Å². The van der Waals surface area contributed by atoms with E-state index in [9.17, 15) is 14.4 Å². The molecule has 1 aliphatic rings. The van der Waals surface area contributed by atoms with Crippen LogP contribution in [0.25, 0.3) is 0 Å². The van der Waals surface area contributed by atoms with Gasteiger partial charge in [-0.15, -0.1) is 11.8 Å². The molecule has 0 aromatic heterocycles. The number of aldehydes is 3. The number of nitrogens with one attached hydrogen (secondary N) is 2. The van der Waals surface area contributed by atoms with E-state index in [1.54, 1.807) is 11.8 Å². The number of thioether (sulfide) groups is 1. The Morgan fingerprint density at radius 1 is 1.06 bits per heavy atom. The van der Waals surface area contributed by atoms with Crippen LogP contribution in [-0.2, 0) is 28.3 Å². The van der Waals surface area contributed by atoms with Gasteiger partial charge in [-0.1, -0.05) is 42.8 Å². The molecule has 1 fully saturated rings. The van der Waals surface area contributed by atoms with Crippen molar-refractivity contribution in [3.63, 3.8) is 0 Å². The summed E-state index contributed by atoms with van der Waals surface area (Å²) in [7, 11) is 5.61. The lowest BCUT2D eigenvalue weighted by molar-refractivity contribution is -0.113. The lowest BCUT2D eigenvalue weighted by Crippen LogP contribution is -2.36. The predicted octanol–water partition coefficient (Wildman–Crippen LogP) is 4.29. The van der Waals surface area contributed by atoms with Crippen molar-refractivity contribution in [2.24, 2.45) is 0 Å². The van der Waals surface area contributed by atoms with E-state index in [-0.39, 0.29) is 6.04 Å². The highest BCUT2D eigenvalue weighted by molar-refractivity contribution is 7.98. The molecule has 2 aromatic rings. The van der Waals surface area contributed by atoms with E-state index < -0.39 is 0 Å². The van der Waals surface area contributed by atoms with Gasteiger partial charge in [0.1, 0.15) is 18.9 Å². The molecule has 3 rings (SSSR count). The molecule has 0 radical (unpaired) electrons. The zero-order valence-electron chi connectivity index (χ0n) is 21.9. The molecule has 1 saturated carbocycles. The standard InChI is InChI=1S/C27H34N2O3S.C2H7N/c1-29(25(19-32)8-4-16-30)17-26-23(18-31)5-2-9-27(26)33-20-22-12-10-21(11-13-22)14-15-28-24-6-3-7-24;1-3-2/h2,5,9-13,16,18-19,24-25,28H,3-4,6-8,14-15,17,20H2,1H3;3H,1-2H3. The van der Waals surface area contributed by atoms with Gasteiger partial charge in [-0.25, -0.2) is 0 Å². The first kappa shape index (κ1) is 29.9. The van der Waals surface area contributed by atoms with Crippen LogP contribution in [0.3, 0.4) is 0 Å². The van der Waals surface area contributed by atoms with Gasteiger partial charge >= 0.3 is 0 Å². The molecule has 196 valence electrons. The maximum Gasteiger partial charge on any atom is 0.150 e. The molecule has 0 spiro atoms. The summed E-state index contributed by atoms with van der Waals surface area (Å²) in [6.45, 7) is 1.51. The van der Waals surface area contributed by atoms with Crippen LogP contribution in [0.15, 0.2) is 47.4 Å². The molecule has 1 atom stereocenters. The van der Waals surface area contributed by atoms with Gasteiger partial charge < -0.3 is 20.2 Å². The molecule has 1 unspecified atom stereocenters. The van der Waals surface area contributed by atoms with Crippen LogP contribution in [-0.4, -0.2) is 63.5 Å². The van der Waals surface area contributed by atoms with Crippen molar-refractivity contribution in [2.75, 3.05) is 27.7 Å². The third-order valence-electron chi connectivity index (χ3n) is 6.38. The zero-order chi connectivity index (χ0) is 26.2. The first-order valence-electron chi connectivity index (χ1n) is 12.7. The first-order valence-corrected chi connectivity index (χ1v) is 13.7. The quantitative estimate of drug-likeness (QED) is 0.273. The largest absolute Gasteiger partial charge is 0.323 e. The van der Waals surface area contributed by atoms with E-state index in [1.807, 2.05) is 44.2 Å². The van der Waals surface area contributed by atoms with Crippen LogP contribution >= 0.6 is 11.8 Å².